The second-order valence-electron chi connectivity index (χ2n) is 9.46. The predicted molar refractivity (Wildman–Crippen MR) is 116 cm³/mol. The Bertz CT molecular complexity index is 852. The van der Waals surface area contributed by atoms with Crippen molar-refractivity contribution in [3.8, 4) is 0 Å². The van der Waals surface area contributed by atoms with E-state index in [9.17, 15) is 15.0 Å². The van der Waals surface area contributed by atoms with Gasteiger partial charge in [0.2, 0.25) is 0 Å². The molecule has 30 heavy (non-hydrogen) atoms. The molecule has 0 amide bonds. The molecular formula is C26H32O4. The molecule has 2 aromatic carbocycles. The van der Waals surface area contributed by atoms with Crippen LogP contribution in [0.1, 0.15) is 57.6 Å². The summed E-state index contributed by atoms with van der Waals surface area (Å²) in [5.74, 6) is -0.248. The molecule has 4 heteroatoms. The lowest BCUT2D eigenvalue weighted by molar-refractivity contribution is -0.191. The highest BCUT2D eigenvalue weighted by Crippen LogP contribution is 2.73. The normalized spacial score (nSPS) is 28.3. The van der Waals surface area contributed by atoms with E-state index in [1.54, 1.807) is 6.92 Å². The van der Waals surface area contributed by atoms with Crippen molar-refractivity contribution in [1.29, 1.82) is 0 Å². The minimum Gasteiger partial charge on any atom is -0.460 e. The number of rotatable bonds is 6. The number of esters is 1. The van der Waals surface area contributed by atoms with Crippen LogP contribution in [0.4, 0.5) is 0 Å². The van der Waals surface area contributed by atoms with Gasteiger partial charge in [-0.1, -0.05) is 81.4 Å². The van der Waals surface area contributed by atoms with Crippen LogP contribution in [0.3, 0.4) is 0 Å². The third-order valence-corrected chi connectivity index (χ3v) is 8.05. The van der Waals surface area contributed by atoms with E-state index < -0.39 is 29.2 Å². The van der Waals surface area contributed by atoms with Gasteiger partial charge < -0.3 is 14.9 Å². The van der Waals surface area contributed by atoms with Gasteiger partial charge >= 0.3 is 5.97 Å². The van der Waals surface area contributed by atoms with Crippen LogP contribution in [0.25, 0.3) is 0 Å². The van der Waals surface area contributed by atoms with Crippen LogP contribution in [-0.4, -0.2) is 28.4 Å². The molecule has 2 aromatic rings. The Morgan fingerprint density at radius 3 is 2.10 bits per heavy atom. The van der Waals surface area contributed by atoms with Crippen LogP contribution in [0, 0.1) is 16.7 Å². The summed E-state index contributed by atoms with van der Waals surface area (Å²) in [4.78, 5) is 12.6. The smallest absolute Gasteiger partial charge is 0.335 e. The summed E-state index contributed by atoms with van der Waals surface area (Å²) in [5.41, 5.74) is -0.661. The lowest BCUT2D eigenvalue weighted by Crippen LogP contribution is -2.57. The largest absolute Gasteiger partial charge is 0.460 e. The number of hydrogen-bond acceptors (Lipinski definition) is 4. The minimum absolute atomic E-state index is 0.254. The zero-order valence-electron chi connectivity index (χ0n) is 18.0. The first-order valence-electron chi connectivity index (χ1n) is 11.0. The van der Waals surface area contributed by atoms with Gasteiger partial charge in [-0.25, -0.2) is 4.79 Å². The average Bonchev–Trinajstić information content (AvgIpc) is 3.16. The Labute approximate surface area is 178 Å². The maximum absolute atomic E-state index is 12.7. The third-order valence-electron chi connectivity index (χ3n) is 8.05. The summed E-state index contributed by atoms with van der Waals surface area (Å²) < 4.78 is 5.98. The molecule has 0 unspecified atom stereocenters. The van der Waals surface area contributed by atoms with E-state index in [1.807, 2.05) is 60.7 Å². The van der Waals surface area contributed by atoms with Crippen LogP contribution >= 0.6 is 0 Å². The van der Waals surface area contributed by atoms with Gasteiger partial charge in [-0.05, 0) is 48.1 Å². The summed E-state index contributed by atoms with van der Waals surface area (Å²) in [7, 11) is 0. The van der Waals surface area contributed by atoms with Gasteiger partial charge in [0.15, 0.2) is 6.10 Å². The van der Waals surface area contributed by atoms with Gasteiger partial charge in [-0.3, -0.25) is 0 Å². The molecule has 4 rings (SSSR count). The summed E-state index contributed by atoms with van der Waals surface area (Å²) in [6.45, 7) is 6.16. The van der Waals surface area contributed by atoms with Gasteiger partial charge in [0.25, 0.3) is 0 Å². The number of fused-ring (bicyclic) bond motifs is 2. The Morgan fingerprint density at radius 1 is 1.10 bits per heavy atom. The second-order valence-corrected chi connectivity index (χ2v) is 9.46. The minimum atomic E-state index is -1.33. The first kappa shape index (κ1) is 21.1. The fourth-order valence-corrected chi connectivity index (χ4v) is 6.35. The number of aliphatic hydroxyl groups excluding tert-OH is 1. The molecule has 0 radical (unpaired) electrons. The predicted octanol–water partition coefficient (Wildman–Crippen LogP) is 4.43. The highest BCUT2D eigenvalue weighted by molar-refractivity contribution is 5.74. The van der Waals surface area contributed by atoms with E-state index in [2.05, 4.69) is 13.8 Å². The van der Waals surface area contributed by atoms with Crippen LogP contribution in [0.15, 0.2) is 60.7 Å². The van der Waals surface area contributed by atoms with Crippen molar-refractivity contribution >= 4 is 5.97 Å². The second kappa shape index (κ2) is 7.51. The lowest BCUT2D eigenvalue weighted by Gasteiger charge is -2.53. The molecule has 2 bridgehead atoms. The Hall–Kier alpha value is -2.17. The maximum Gasteiger partial charge on any atom is 0.335 e. The summed E-state index contributed by atoms with van der Waals surface area (Å²) >= 11 is 0. The third kappa shape index (κ3) is 2.77. The molecule has 4 atom stereocenters. The molecule has 0 spiro atoms. The number of hydrogen-bond donors (Lipinski definition) is 2. The van der Waals surface area contributed by atoms with Crippen molar-refractivity contribution in [1.82, 2.24) is 0 Å². The Balaban J connectivity index is 1.91. The van der Waals surface area contributed by atoms with Gasteiger partial charge in [-0.15, -0.1) is 0 Å². The Morgan fingerprint density at radius 2 is 1.63 bits per heavy atom. The standard InChI is InChI=1S/C26H32O4/c1-4-21(27)23(28)30-22-17-20-15-16-25(22,24(20,2)3)26(29,18-11-7-5-8-12-18)19-13-9-6-10-14-19/h5-14,20-22,27,29H,4,15-17H2,1-3H3/t20-,21-,22-,25-/m0/s1. The van der Waals surface area contributed by atoms with E-state index in [-0.39, 0.29) is 5.41 Å². The number of aliphatic hydroxyl groups is 2. The zero-order chi connectivity index (χ0) is 21.6. The Kier molecular flexibility index (Phi) is 5.27. The summed E-state index contributed by atoms with van der Waals surface area (Å²) in [6.07, 6.45) is 1.16. The molecule has 0 aromatic heterocycles. The molecule has 2 aliphatic carbocycles. The molecule has 160 valence electrons. The molecule has 0 saturated heterocycles. The number of carbonyl (C=O) groups is 1. The van der Waals surface area contributed by atoms with Crippen LogP contribution in [0.5, 0.6) is 0 Å². The molecule has 2 aliphatic rings. The fraction of sp³-hybridized carbons (Fsp3) is 0.500. The van der Waals surface area contributed by atoms with E-state index in [0.717, 1.165) is 24.0 Å². The molecule has 0 aliphatic heterocycles. The molecular weight excluding hydrogens is 376 g/mol. The summed E-state index contributed by atoms with van der Waals surface area (Å²) in [6, 6.07) is 19.5. The van der Waals surface area contributed by atoms with E-state index in [1.165, 1.54) is 0 Å². The molecule has 2 N–H and O–H groups in total. The van der Waals surface area contributed by atoms with Crippen molar-refractivity contribution < 1.29 is 19.7 Å². The number of benzene rings is 2. The lowest BCUT2D eigenvalue weighted by atomic mass is 9.54. The summed E-state index contributed by atoms with van der Waals surface area (Å²) in [5, 5.41) is 22.8. The van der Waals surface area contributed by atoms with Crippen LogP contribution in [-0.2, 0) is 15.1 Å². The SMILES string of the molecule is CC[C@H](O)C(=O)O[C@H]1C[C@@H]2CC[C@@]1(C(O)(c1ccccc1)c1ccccc1)C2(C)C. The monoisotopic (exact) mass is 408 g/mol. The number of ether oxygens (including phenoxy) is 1. The van der Waals surface area contributed by atoms with Gasteiger partial charge in [0, 0.05) is 5.41 Å². The zero-order valence-corrected chi connectivity index (χ0v) is 18.0. The molecule has 2 fully saturated rings. The van der Waals surface area contributed by atoms with E-state index in [0.29, 0.717) is 18.8 Å². The van der Waals surface area contributed by atoms with Gasteiger partial charge in [-0.2, -0.15) is 0 Å². The molecule has 4 nitrogen and oxygen atoms in total. The van der Waals surface area contributed by atoms with Crippen LogP contribution < -0.4 is 0 Å². The first-order valence-corrected chi connectivity index (χ1v) is 11.0. The average molecular weight is 409 g/mol. The van der Waals surface area contributed by atoms with Crippen molar-refractivity contribution in [2.75, 3.05) is 0 Å². The topological polar surface area (TPSA) is 66.8 Å². The fourth-order valence-electron chi connectivity index (χ4n) is 6.35. The van der Waals surface area contributed by atoms with Crippen LogP contribution in [0.2, 0.25) is 0 Å². The van der Waals surface area contributed by atoms with Crippen molar-refractivity contribution in [3.63, 3.8) is 0 Å². The quantitative estimate of drug-likeness (QED) is 0.694. The van der Waals surface area contributed by atoms with E-state index >= 15 is 0 Å². The van der Waals surface area contributed by atoms with Crippen molar-refractivity contribution in [3.05, 3.63) is 71.8 Å². The number of carbonyl (C=O) groups excluding carboxylic acids is 1. The molecule has 2 saturated carbocycles. The maximum atomic E-state index is 12.7. The highest BCUT2D eigenvalue weighted by atomic mass is 16.6. The van der Waals surface area contributed by atoms with Crippen molar-refractivity contribution in [2.45, 2.75) is 64.3 Å². The highest BCUT2D eigenvalue weighted by Gasteiger charge is 2.74. The van der Waals surface area contributed by atoms with Gasteiger partial charge in [0.1, 0.15) is 11.7 Å². The first-order chi connectivity index (χ1) is 14.3. The van der Waals surface area contributed by atoms with Crippen molar-refractivity contribution in [2.24, 2.45) is 16.7 Å². The molecule has 0 heterocycles. The van der Waals surface area contributed by atoms with E-state index in [4.69, 9.17) is 4.74 Å². The van der Waals surface area contributed by atoms with Gasteiger partial charge in [0.05, 0.1) is 0 Å².